The number of amides is 1. The molecule has 1 aromatic heterocycles. The molecule has 8 heteroatoms. The number of benzene rings is 1. The van der Waals surface area contributed by atoms with E-state index in [2.05, 4.69) is 10.3 Å². The van der Waals surface area contributed by atoms with Crippen molar-refractivity contribution in [1.29, 1.82) is 0 Å². The maximum absolute atomic E-state index is 13.8. The highest BCUT2D eigenvalue weighted by atomic mass is 19.1. The topological polar surface area (TPSA) is 92.4 Å². The number of aryl methyl sites for hydroxylation is 1. The van der Waals surface area contributed by atoms with Crippen LogP contribution in [-0.4, -0.2) is 28.5 Å². The summed E-state index contributed by atoms with van der Waals surface area (Å²) >= 11 is 0. The number of carbonyl (C=O) groups is 2. The number of rotatable bonds is 7. The van der Waals surface area contributed by atoms with Crippen LogP contribution < -0.4 is 5.32 Å². The largest absolute Gasteiger partial charge is 0.481 e. The summed E-state index contributed by atoms with van der Waals surface area (Å²) in [5.41, 5.74) is -0.797. The van der Waals surface area contributed by atoms with Gasteiger partial charge in [0.25, 0.3) is 0 Å². The molecule has 1 saturated carbocycles. The van der Waals surface area contributed by atoms with Crippen LogP contribution in [-0.2, 0) is 16.0 Å². The Morgan fingerprint density at radius 3 is 2.64 bits per heavy atom. The quantitative estimate of drug-likeness (QED) is 0.750. The third kappa shape index (κ3) is 4.55. The number of aliphatic carboxylic acids is 1. The minimum Gasteiger partial charge on any atom is -0.481 e. The molecule has 0 atom stereocenters. The van der Waals surface area contributed by atoms with Crippen molar-refractivity contribution in [3.8, 4) is 11.3 Å². The van der Waals surface area contributed by atoms with Crippen LogP contribution in [0.2, 0.25) is 0 Å². The van der Waals surface area contributed by atoms with Gasteiger partial charge in [-0.3, -0.25) is 9.59 Å². The second-order valence-corrected chi connectivity index (χ2v) is 7.17. The molecule has 0 bridgehead atoms. The highest BCUT2D eigenvalue weighted by Gasteiger charge is 2.39. The van der Waals surface area contributed by atoms with Crippen LogP contribution in [0.1, 0.15) is 44.4 Å². The van der Waals surface area contributed by atoms with Crippen LogP contribution in [0.25, 0.3) is 11.3 Å². The average Bonchev–Trinajstić information content (AvgIpc) is 3.14. The summed E-state index contributed by atoms with van der Waals surface area (Å²) in [5, 5.41) is 12.2. The maximum Gasteiger partial charge on any atom is 0.311 e. The molecule has 0 saturated heterocycles. The molecule has 2 N–H and O–H groups in total. The van der Waals surface area contributed by atoms with E-state index in [0.717, 1.165) is 31.4 Å². The maximum atomic E-state index is 13.8. The molecular formula is C20H22F2N2O4. The summed E-state index contributed by atoms with van der Waals surface area (Å²) in [6.07, 6.45) is 5.43. The predicted octanol–water partition coefficient (Wildman–Crippen LogP) is 3.70. The van der Waals surface area contributed by atoms with Crippen molar-refractivity contribution in [1.82, 2.24) is 10.3 Å². The number of nitrogens with one attached hydrogen (secondary N) is 1. The normalized spacial score (nSPS) is 15.9. The van der Waals surface area contributed by atoms with Crippen molar-refractivity contribution >= 4 is 11.9 Å². The number of oxazole rings is 1. The Morgan fingerprint density at radius 1 is 1.21 bits per heavy atom. The zero-order valence-electron chi connectivity index (χ0n) is 15.3. The number of carboxylic acids is 1. The molecule has 0 radical (unpaired) electrons. The van der Waals surface area contributed by atoms with Gasteiger partial charge in [0.15, 0.2) is 11.7 Å². The molecule has 1 aliphatic carbocycles. The predicted molar refractivity (Wildman–Crippen MR) is 96.3 cm³/mol. The van der Waals surface area contributed by atoms with Crippen molar-refractivity contribution in [2.75, 3.05) is 6.54 Å². The number of carbonyl (C=O) groups excluding carboxylic acids is 1. The molecule has 1 aromatic carbocycles. The van der Waals surface area contributed by atoms with Gasteiger partial charge in [0.05, 0.1) is 17.2 Å². The molecule has 0 spiro atoms. The van der Waals surface area contributed by atoms with Gasteiger partial charge in [0.2, 0.25) is 5.91 Å². The fraction of sp³-hybridized carbons (Fsp3) is 0.450. The van der Waals surface area contributed by atoms with Crippen LogP contribution in [0, 0.1) is 17.0 Å². The summed E-state index contributed by atoms with van der Waals surface area (Å²) in [7, 11) is 0. The monoisotopic (exact) mass is 392 g/mol. The second-order valence-electron chi connectivity index (χ2n) is 7.17. The lowest BCUT2D eigenvalue weighted by molar-refractivity contribution is -0.151. The van der Waals surface area contributed by atoms with E-state index in [-0.39, 0.29) is 42.5 Å². The fourth-order valence-corrected chi connectivity index (χ4v) is 3.51. The zero-order valence-corrected chi connectivity index (χ0v) is 15.3. The number of halogens is 2. The van der Waals surface area contributed by atoms with Crippen molar-refractivity contribution in [3.63, 3.8) is 0 Å². The van der Waals surface area contributed by atoms with Gasteiger partial charge in [-0.2, -0.15) is 0 Å². The van der Waals surface area contributed by atoms with E-state index >= 15 is 0 Å². The SMILES string of the molecule is O=C(CCc1ncc(-c2ccc(F)cc2F)o1)NCC1(C(=O)O)CCCCC1. The van der Waals surface area contributed by atoms with Crippen molar-refractivity contribution in [2.45, 2.75) is 44.9 Å². The molecule has 0 aliphatic heterocycles. The summed E-state index contributed by atoms with van der Waals surface area (Å²) in [6, 6.07) is 3.14. The van der Waals surface area contributed by atoms with E-state index in [1.54, 1.807) is 0 Å². The van der Waals surface area contributed by atoms with E-state index in [1.807, 2.05) is 0 Å². The van der Waals surface area contributed by atoms with Gasteiger partial charge in [0.1, 0.15) is 11.6 Å². The summed E-state index contributed by atoms with van der Waals surface area (Å²) < 4.78 is 32.2. The van der Waals surface area contributed by atoms with Gasteiger partial charge in [-0.25, -0.2) is 13.8 Å². The molecule has 6 nitrogen and oxygen atoms in total. The first-order valence-corrected chi connectivity index (χ1v) is 9.30. The molecule has 150 valence electrons. The average molecular weight is 392 g/mol. The lowest BCUT2D eigenvalue weighted by Gasteiger charge is -2.33. The van der Waals surface area contributed by atoms with Gasteiger partial charge in [-0.15, -0.1) is 0 Å². The molecule has 0 unspecified atom stereocenters. The Hall–Kier alpha value is -2.77. The molecule has 2 aromatic rings. The standard InChI is InChI=1S/C20H22F2N2O4/c21-13-4-5-14(15(22)10-13)16-11-23-18(28-16)7-6-17(25)24-12-20(19(26)27)8-2-1-3-9-20/h4-5,10-11H,1-3,6-9,12H2,(H,24,25)(H,26,27). The van der Waals surface area contributed by atoms with Gasteiger partial charge < -0.3 is 14.8 Å². The summed E-state index contributed by atoms with van der Waals surface area (Å²) in [4.78, 5) is 27.8. The Kier molecular flexibility index (Phi) is 6.06. The van der Waals surface area contributed by atoms with Crippen LogP contribution >= 0.6 is 0 Å². The fourth-order valence-electron chi connectivity index (χ4n) is 3.51. The van der Waals surface area contributed by atoms with E-state index in [4.69, 9.17) is 4.42 Å². The number of hydrogen-bond acceptors (Lipinski definition) is 4. The van der Waals surface area contributed by atoms with Gasteiger partial charge in [-0.1, -0.05) is 19.3 Å². The van der Waals surface area contributed by atoms with Crippen molar-refractivity contribution < 1.29 is 27.9 Å². The first kappa shape index (κ1) is 20.0. The van der Waals surface area contributed by atoms with Gasteiger partial charge in [-0.05, 0) is 25.0 Å². The van der Waals surface area contributed by atoms with E-state index in [9.17, 15) is 23.5 Å². The number of carboxylic acid groups (broad SMARTS) is 1. The van der Waals surface area contributed by atoms with Crippen molar-refractivity contribution in [3.05, 3.63) is 41.9 Å². The zero-order chi connectivity index (χ0) is 20.1. The van der Waals surface area contributed by atoms with E-state index in [1.165, 1.54) is 12.3 Å². The Labute approximate surface area is 161 Å². The van der Waals surface area contributed by atoms with Gasteiger partial charge in [0, 0.05) is 25.5 Å². The molecule has 1 fully saturated rings. The van der Waals surface area contributed by atoms with Crippen LogP contribution in [0.4, 0.5) is 8.78 Å². The lowest BCUT2D eigenvalue weighted by atomic mass is 9.74. The second kappa shape index (κ2) is 8.50. The first-order chi connectivity index (χ1) is 13.4. The highest BCUT2D eigenvalue weighted by Crippen LogP contribution is 2.36. The number of nitrogens with zero attached hydrogens (tertiary/aromatic N) is 1. The molecule has 1 aliphatic rings. The van der Waals surface area contributed by atoms with E-state index in [0.29, 0.717) is 12.8 Å². The third-order valence-electron chi connectivity index (χ3n) is 5.20. The minimum absolute atomic E-state index is 0.0710. The summed E-state index contributed by atoms with van der Waals surface area (Å²) in [6.45, 7) is 0.110. The van der Waals surface area contributed by atoms with E-state index < -0.39 is 23.0 Å². The van der Waals surface area contributed by atoms with Crippen LogP contribution in [0.5, 0.6) is 0 Å². The number of hydrogen-bond donors (Lipinski definition) is 2. The third-order valence-corrected chi connectivity index (χ3v) is 5.20. The number of aromatic nitrogens is 1. The smallest absolute Gasteiger partial charge is 0.311 e. The van der Waals surface area contributed by atoms with Crippen LogP contribution in [0.3, 0.4) is 0 Å². The molecule has 28 heavy (non-hydrogen) atoms. The van der Waals surface area contributed by atoms with Crippen molar-refractivity contribution in [2.24, 2.45) is 5.41 Å². The molecule has 1 heterocycles. The summed E-state index contributed by atoms with van der Waals surface area (Å²) in [5.74, 6) is -2.20. The van der Waals surface area contributed by atoms with Gasteiger partial charge >= 0.3 is 5.97 Å². The Morgan fingerprint density at radius 2 is 1.96 bits per heavy atom. The minimum atomic E-state index is -0.885. The lowest BCUT2D eigenvalue weighted by Crippen LogP contribution is -2.44. The highest BCUT2D eigenvalue weighted by molar-refractivity contribution is 5.79. The Bertz CT molecular complexity index is 860. The molecular weight excluding hydrogens is 370 g/mol. The van der Waals surface area contributed by atoms with Crippen LogP contribution in [0.15, 0.2) is 28.8 Å². The first-order valence-electron chi connectivity index (χ1n) is 9.30. The molecule has 1 amide bonds. The molecule has 3 rings (SSSR count). The Balaban J connectivity index is 1.54.